The maximum atomic E-state index is 6.30. The van der Waals surface area contributed by atoms with Gasteiger partial charge in [-0.05, 0) is 31.0 Å². The summed E-state index contributed by atoms with van der Waals surface area (Å²) in [5.74, 6) is 1.56. The van der Waals surface area contributed by atoms with E-state index in [4.69, 9.17) is 30.8 Å². The van der Waals surface area contributed by atoms with E-state index < -0.39 is 0 Å². The Kier molecular flexibility index (Phi) is 11.4. The van der Waals surface area contributed by atoms with Crippen LogP contribution in [0.2, 0.25) is 5.02 Å². The molecule has 154 valence electrons. The van der Waals surface area contributed by atoms with E-state index in [0.29, 0.717) is 11.6 Å². The van der Waals surface area contributed by atoms with Gasteiger partial charge in [0.05, 0.1) is 19.3 Å². The van der Waals surface area contributed by atoms with Gasteiger partial charge in [0.2, 0.25) is 0 Å². The van der Waals surface area contributed by atoms with Crippen LogP contribution in [-0.2, 0) is 15.9 Å². The maximum Gasteiger partial charge on any atom is 0.191 e. The average Bonchev–Trinajstić information content (AvgIpc) is 2.68. The van der Waals surface area contributed by atoms with Crippen molar-refractivity contribution >= 4 is 41.5 Å². The number of rotatable bonds is 8. The van der Waals surface area contributed by atoms with E-state index in [-0.39, 0.29) is 29.6 Å². The molecule has 2 rings (SSSR count). The summed E-state index contributed by atoms with van der Waals surface area (Å²) in [6.45, 7) is 5.66. The van der Waals surface area contributed by atoms with E-state index >= 15 is 0 Å². The van der Waals surface area contributed by atoms with Gasteiger partial charge >= 0.3 is 0 Å². The summed E-state index contributed by atoms with van der Waals surface area (Å²) in [5, 5.41) is 7.37. The van der Waals surface area contributed by atoms with Gasteiger partial charge in [-0.1, -0.05) is 17.7 Å². The molecular formula is C19H31ClIN3O3. The van der Waals surface area contributed by atoms with Crippen molar-refractivity contribution in [3.05, 3.63) is 28.8 Å². The largest absolute Gasteiger partial charge is 0.497 e. The first-order valence-corrected chi connectivity index (χ1v) is 9.48. The molecular weight excluding hydrogens is 481 g/mol. The molecule has 0 aliphatic carbocycles. The molecule has 6 nitrogen and oxygen atoms in total. The number of nitrogens with one attached hydrogen (secondary N) is 2. The fourth-order valence-corrected chi connectivity index (χ4v) is 3.17. The minimum absolute atomic E-state index is 0. The third kappa shape index (κ3) is 7.63. The van der Waals surface area contributed by atoms with Crippen LogP contribution in [0, 0.1) is 0 Å². The van der Waals surface area contributed by atoms with Gasteiger partial charge in [0.15, 0.2) is 5.96 Å². The zero-order valence-corrected chi connectivity index (χ0v) is 19.4. The second-order valence-electron chi connectivity index (χ2n) is 6.33. The van der Waals surface area contributed by atoms with Crippen LogP contribution in [0.15, 0.2) is 23.2 Å². The van der Waals surface area contributed by atoms with Crippen LogP contribution in [-0.4, -0.2) is 58.6 Å². The normalized spacial score (nSPS) is 16.4. The summed E-state index contributed by atoms with van der Waals surface area (Å²) < 4.78 is 16.4. The Morgan fingerprint density at radius 2 is 2.00 bits per heavy atom. The van der Waals surface area contributed by atoms with Crippen LogP contribution >= 0.6 is 35.6 Å². The van der Waals surface area contributed by atoms with Gasteiger partial charge in [0.1, 0.15) is 5.75 Å². The average molecular weight is 512 g/mol. The van der Waals surface area contributed by atoms with E-state index in [1.165, 1.54) is 0 Å². The summed E-state index contributed by atoms with van der Waals surface area (Å²) in [6.07, 6.45) is 2.54. The zero-order chi connectivity index (χ0) is 18.8. The number of hydrogen-bond donors (Lipinski definition) is 2. The molecule has 0 atom stereocenters. The molecule has 0 radical (unpaired) electrons. The number of halogens is 2. The van der Waals surface area contributed by atoms with Gasteiger partial charge in [-0.15, -0.1) is 24.0 Å². The molecule has 1 aromatic carbocycles. The summed E-state index contributed by atoms with van der Waals surface area (Å²) >= 11 is 6.30. The molecule has 0 unspecified atom stereocenters. The Hall–Kier alpha value is -0.770. The summed E-state index contributed by atoms with van der Waals surface area (Å²) in [4.78, 5) is 4.72. The lowest BCUT2D eigenvalue weighted by Crippen LogP contribution is -2.44. The molecule has 0 aromatic heterocycles. The monoisotopic (exact) mass is 511 g/mol. The molecule has 0 amide bonds. The minimum atomic E-state index is -0.222. The summed E-state index contributed by atoms with van der Waals surface area (Å²) in [6, 6.07) is 5.76. The first-order chi connectivity index (χ1) is 12.6. The van der Waals surface area contributed by atoms with Gasteiger partial charge in [-0.2, -0.15) is 0 Å². The fourth-order valence-electron chi connectivity index (χ4n) is 2.91. The highest BCUT2D eigenvalue weighted by atomic mass is 127. The predicted molar refractivity (Wildman–Crippen MR) is 121 cm³/mol. The Morgan fingerprint density at radius 3 is 2.59 bits per heavy atom. The predicted octanol–water partition coefficient (Wildman–Crippen LogP) is 3.26. The molecule has 1 aromatic rings. The SMILES string of the molecule is CCNC(=NCC1(OC)CCOCC1)NCCc1ccc(OC)cc1Cl.I. The van der Waals surface area contributed by atoms with Gasteiger partial charge < -0.3 is 24.8 Å². The van der Waals surface area contributed by atoms with Crippen molar-refractivity contribution in [2.24, 2.45) is 4.99 Å². The quantitative estimate of drug-likeness (QED) is 0.319. The molecule has 0 spiro atoms. The Bertz CT molecular complexity index is 596. The van der Waals surface area contributed by atoms with Gasteiger partial charge in [0, 0.05) is 51.3 Å². The third-order valence-electron chi connectivity index (χ3n) is 4.65. The highest BCUT2D eigenvalue weighted by Crippen LogP contribution is 2.25. The van der Waals surface area contributed by atoms with Gasteiger partial charge in [-0.25, -0.2) is 0 Å². The fraction of sp³-hybridized carbons (Fsp3) is 0.632. The standard InChI is InChI=1S/C19H30ClN3O3.HI/c1-4-21-18(23-14-19(25-3)8-11-26-12-9-19)22-10-7-15-5-6-16(24-2)13-17(15)20;/h5-6,13H,4,7-12,14H2,1-3H3,(H2,21,22,23);1H. The van der Waals surface area contributed by atoms with E-state index in [1.807, 2.05) is 18.2 Å². The molecule has 0 saturated carbocycles. The summed E-state index contributed by atoms with van der Waals surface area (Å²) in [7, 11) is 3.39. The molecule has 1 fully saturated rings. The molecule has 27 heavy (non-hydrogen) atoms. The second-order valence-corrected chi connectivity index (χ2v) is 6.74. The Morgan fingerprint density at radius 1 is 1.26 bits per heavy atom. The number of aliphatic imine (C=N–C) groups is 1. The number of nitrogens with zero attached hydrogens (tertiary/aromatic N) is 1. The van der Waals surface area contributed by atoms with E-state index in [0.717, 1.165) is 62.8 Å². The topological polar surface area (TPSA) is 64.1 Å². The molecule has 0 bridgehead atoms. The lowest BCUT2D eigenvalue weighted by atomic mass is 9.94. The Balaban J connectivity index is 0.00000364. The van der Waals surface area contributed by atoms with Crippen molar-refractivity contribution in [2.45, 2.75) is 31.8 Å². The van der Waals surface area contributed by atoms with Crippen LogP contribution in [0.1, 0.15) is 25.3 Å². The maximum absolute atomic E-state index is 6.30. The minimum Gasteiger partial charge on any atom is -0.497 e. The van der Waals surface area contributed by atoms with Crippen molar-refractivity contribution in [1.29, 1.82) is 0 Å². The van der Waals surface area contributed by atoms with Gasteiger partial charge in [0.25, 0.3) is 0 Å². The van der Waals surface area contributed by atoms with Crippen LogP contribution in [0.25, 0.3) is 0 Å². The highest BCUT2D eigenvalue weighted by molar-refractivity contribution is 14.0. The molecule has 8 heteroatoms. The van der Waals surface area contributed by atoms with Crippen molar-refractivity contribution in [2.75, 3.05) is 47.1 Å². The first-order valence-electron chi connectivity index (χ1n) is 9.10. The lowest BCUT2D eigenvalue weighted by molar-refractivity contribution is -0.0828. The first kappa shape index (κ1) is 24.3. The van der Waals surface area contributed by atoms with Crippen LogP contribution in [0.4, 0.5) is 0 Å². The van der Waals surface area contributed by atoms with Gasteiger partial charge in [-0.3, -0.25) is 4.99 Å². The number of hydrogen-bond acceptors (Lipinski definition) is 4. The third-order valence-corrected chi connectivity index (χ3v) is 5.01. The van der Waals surface area contributed by atoms with E-state index in [1.54, 1.807) is 14.2 Å². The molecule has 2 N–H and O–H groups in total. The van der Waals surface area contributed by atoms with Crippen molar-refractivity contribution in [3.63, 3.8) is 0 Å². The number of benzene rings is 1. The van der Waals surface area contributed by atoms with Crippen LogP contribution < -0.4 is 15.4 Å². The highest BCUT2D eigenvalue weighted by Gasteiger charge is 2.32. The summed E-state index contributed by atoms with van der Waals surface area (Å²) in [5.41, 5.74) is 0.855. The molecule has 1 aliphatic heterocycles. The number of ether oxygens (including phenoxy) is 3. The van der Waals surface area contributed by atoms with E-state index in [2.05, 4.69) is 17.6 Å². The number of guanidine groups is 1. The van der Waals surface area contributed by atoms with Crippen molar-refractivity contribution < 1.29 is 14.2 Å². The molecule has 1 aliphatic rings. The van der Waals surface area contributed by atoms with Crippen molar-refractivity contribution in [1.82, 2.24) is 10.6 Å². The molecule has 1 heterocycles. The molecule has 1 saturated heterocycles. The van der Waals surface area contributed by atoms with Crippen LogP contribution in [0.3, 0.4) is 0 Å². The smallest absolute Gasteiger partial charge is 0.191 e. The zero-order valence-electron chi connectivity index (χ0n) is 16.3. The number of methoxy groups -OCH3 is 2. The Labute approximate surface area is 184 Å². The lowest BCUT2D eigenvalue weighted by Gasteiger charge is -2.34. The van der Waals surface area contributed by atoms with Crippen molar-refractivity contribution in [3.8, 4) is 5.75 Å². The van der Waals surface area contributed by atoms with E-state index in [9.17, 15) is 0 Å². The van der Waals surface area contributed by atoms with Crippen LogP contribution in [0.5, 0.6) is 5.75 Å². The second kappa shape index (κ2) is 12.6.